The van der Waals surface area contributed by atoms with Crippen LogP contribution < -0.4 is 16.6 Å². The molecule has 0 saturated heterocycles. The fraction of sp³-hybridized carbons (Fsp3) is 0.385. The van der Waals surface area contributed by atoms with Gasteiger partial charge in [0, 0.05) is 11.5 Å². The minimum absolute atomic E-state index is 0.0950. The van der Waals surface area contributed by atoms with E-state index in [9.17, 15) is 4.79 Å². The molecule has 0 fully saturated rings. The molecule has 0 atom stereocenters. The van der Waals surface area contributed by atoms with E-state index in [0.717, 1.165) is 5.56 Å². The van der Waals surface area contributed by atoms with Gasteiger partial charge in [0.1, 0.15) is 5.82 Å². The molecule has 21 heavy (non-hydrogen) atoms. The van der Waals surface area contributed by atoms with E-state index in [1.54, 1.807) is 6.92 Å². The zero-order valence-electron chi connectivity index (χ0n) is 12.4. The van der Waals surface area contributed by atoms with Gasteiger partial charge in [-0.1, -0.05) is 19.0 Å². The van der Waals surface area contributed by atoms with Crippen LogP contribution in [0, 0.1) is 13.8 Å². The monoisotopic (exact) mass is 290 g/mol. The van der Waals surface area contributed by atoms with Crippen molar-refractivity contribution >= 4 is 17.5 Å². The number of hydrogen-bond donors (Lipinski definition) is 3. The van der Waals surface area contributed by atoms with Crippen molar-refractivity contribution in [2.45, 2.75) is 33.6 Å². The van der Waals surface area contributed by atoms with Crippen LogP contribution in [-0.2, 0) is 0 Å². The van der Waals surface area contributed by atoms with Gasteiger partial charge in [-0.2, -0.15) is 0 Å². The second kappa shape index (κ2) is 5.88. The van der Waals surface area contributed by atoms with Crippen molar-refractivity contribution in [3.63, 3.8) is 0 Å². The molecule has 0 aliphatic heterocycles. The molecule has 112 valence electrons. The summed E-state index contributed by atoms with van der Waals surface area (Å²) in [6.07, 6.45) is 1.48. The lowest BCUT2D eigenvalue weighted by Crippen LogP contribution is -2.20. The molecule has 0 unspecified atom stereocenters. The Morgan fingerprint density at radius 1 is 1.38 bits per heavy atom. The van der Waals surface area contributed by atoms with E-state index in [4.69, 9.17) is 10.4 Å². The molecule has 1 amide bonds. The van der Waals surface area contributed by atoms with Crippen LogP contribution in [0.5, 0.6) is 0 Å². The van der Waals surface area contributed by atoms with Gasteiger partial charge in [0.2, 0.25) is 5.88 Å². The van der Waals surface area contributed by atoms with E-state index in [1.807, 2.05) is 20.8 Å². The highest BCUT2D eigenvalue weighted by Gasteiger charge is 2.19. The number of nitrogens with zero attached hydrogens (tertiary/aromatic N) is 3. The lowest BCUT2D eigenvalue weighted by Gasteiger charge is -2.10. The molecule has 8 heteroatoms. The zero-order valence-corrected chi connectivity index (χ0v) is 12.4. The summed E-state index contributed by atoms with van der Waals surface area (Å²) in [5, 5.41) is 6.42. The third-order valence-electron chi connectivity index (χ3n) is 3.08. The minimum Gasteiger partial charge on any atom is -0.338 e. The van der Waals surface area contributed by atoms with Crippen molar-refractivity contribution in [3.8, 4) is 0 Å². The van der Waals surface area contributed by atoms with Crippen molar-refractivity contribution in [2.24, 2.45) is 5.84 Å². The van der Waals surface area contributed by atoms with E-state index >= 15 is 0 Å². The Labute approximate surface area is 122 Å². The minimum atomic E-state index is -0.438. The number of anilines is 2. The maximum Gasteiger partial charge on any atom is 0.278 e. The highest BCUT2D eigenvalue weighted by atomic mass is 16.5. The summed E-state index contributed by atoms with van der Waals surface area (Å²) in [5.41, 5.74) is 4.40. The number of nitrogens with two attached hydrogens (primary N) is 1. The molecule has 8 nitrogen and oxygen atoms in total. The summed E-state index contributed by atoms with van der Waals surface area (Å²) in [4.78, 5) is 20.7. The normalized spacial score (nSPS) is 10.8. The number of nitrogens with one attached hydrogen (secondary N) is 2. The summed E-state index contributed by atoms with van der Waals surface area (Å²) in [6.45, 7) is 7.49. The molecule has 2 aromatic heterocycles. The van der Waals surface area contributed by atoms with Gasteiger partial charge in [-0.15, -0.1) is 0 Å². The van der Waals surface area contributed by atoms with Crippen LogP contribution >= 0.6 is 0 Å². The molecular formula is C13H18N6O2. The van der Waals surface area contributed by atoms with Crippen LogP contribution in [0.25, 0.3) is 0 Å². The van der Waals surface area contributed by atoms with E-state index < -0.39 is 5.91 Å². The Morgan fingerprint density at radius 3 is 2.62 bits per heavy atom. The summed E-state index contributed by atoms with van der Waals surface area (Å²) in [7, 11) is 0. The Balaban J connectivity index is 2.33. The van der Waals surface area contributed by atoms with Gasteiger partial charge in [0.25, 0.3) is 5.91 Å². The number of aromatic nitrogens is 3. The molecule has 0 aliphatic carbocycles. The molecule has 2 rings (SSSR count). The SMILES string of the molecule is Cc1noc(NC(=O)c2nc(C(C)C)ncc2NN)c1C. The first-order valence-electron chi connectivity index (χ1n) is 6.51. The number of rotatable bonds is 4. The van der Waals surface area contributed by atoms with E-state index in [1.165, 1.54) is 6.20 Å². The van der Waals surface area contributed by atoms with Gasteiger partial charge in [0.05, 0.1) is 17.6 Å². The summed E-state index contributed by atoms with van der Waals surface area (Å²) < 4.78 is 5.06. The lowest BCUT2D eigenvalue weighted by atomic mass is 10.2. The van der Waals surface area contributed by atoms with Crippen LogP contribution in [-0.4, -0.2) is 21.0 Å². The first kappa shape index (κ1) is 14.9. The predicted molar refractivity (Wildman–Crippen MR) is 77.9 cm³/mol. The second-order valence-electron chi connectivity index (χ2n) is 4.97. The van der Waals surface area contributed by atoms with Gasteiger partial charge in [0.15, 0.2) is 5.69 Å². The maximum atomic E-state index is 12.3. The molecule has 0 bridgehead atoms. The van der Waals surface area contributed by atoms with Crippen molar-refractivity contribution in [1.29, 1.82) is 0 Å². The quantitative estimate of drug-likeness (QED) is 0.579. The predicted octanol–water partition coefficient (Wildman–Crippen LogP) is 1.74. The Bertz CT molecular complexity index is 665. The van der Waals surface area contributed by atoms with E-state index in [2.05, 4.69) is 25.9 Å². The van der Waals surface area contributed by atoms with Crippen LogP contribution in [0.2, 0.25) is 0 Å². The first-order valence-corrected chi connectivity index (χ1v) is 6.51. The van der Waals surface area contributed by atoms with Gasteiger partial charge >= 0.3 is 0 Å². The largest absolute Gasteiger partial charge is 0.338 e. The standard InChI is InChI=1S/C13H18N6O2/c1-6(2)11-15-5-9(18-14)10(16-11)12(20)17-13-7(3)8(4)19-21-13/h5-6,18H,14H2,1-4H3,(H,17,20). The number of aryl methyl sites for hydroxylation is 1. The van der Waals surface area contributed by atoms with Crippen molar-refractivity contribution < 1.29 is 9.32 Å². The number of nitrogen functional groups attached to an aromatic ring is 1. The van der Waals surface area contributed by atoms with Crippen LogP contribution in [0.3, 0.4) is 0 Å². The van der Waals surface area contributed by atoms with E-state index in [0.29, 0.717) is 23.1 Å². The number of amides is 1. The summed E-state index contributed by atoms with van der Waals surface area (Å²) >= 11 is 0. The summed E-state index contributed by atoms with van der Waals surface area (Å²) in [6, 6.07) is 0. The zero-order chi connectivity index (χ0) is 15.6. The van der Waals surface area contributed by atoms with Crippen LogP contribution in [0.15, 0.2) is 10.7 Å². The van der Waals surface area contributed by atoms with Gasteiger partial charge in [-0.25, -0.2) is 9.97 Å². The lowest BCUT2D eigenvalue weighted by molar-refractivity contribution is 0.101. The topological polar surface area (TPSA) is 119 Å². The number of hydrazine groups is 1. The highest BCUT2D eigenvalue weighted by Crippen LogP contribution is 2.20. The molecular weight excluding hydrogens is 272 g/mol. The van der Waals surface area contributed by atoms with Crippen molar-refractivity contribution in [1.82, 2.24) is 15.1 Å². The van der Waals surface area contributed by atoms with E-state index in [-0.39, 0.29) is 11.6 Å². The number of carbonyl (C=O) groups excluding carboxylic acids is 1. The molecule has 4 N–H and O–H groups in total. The molecule has 2 aromatic rings. The summed E-state index contributed by atoms with van der Waals surface area (Å²) in [5.74, 6) is 5.91. The fourth-order valence-corrected chi connectivity index (χ4v) is 1.65. The maximum absolute atomic E-state index is 12.3. The third-order valence-corrected chi connectivity index (χ3v) is 3.08. The average Bonchev–Trinajstić information content (AvgIpc) is 2.78. The third kappa shape index (κ3) is 3.00. The molecule has 0 radical (unpaired) electrons. The van der Waals surface area contributed by atoms with Gasteiger partial charge in [-0.05, 0) is 13.8 Å². The molecule has 0 aromatic carbocycles. The second-order valence-corrected chi connectivity index (χ2v) is 4.97. The van der Waals surface area contributed by atoms with Gasteiger partial charge < -0.3 is 9.95 Å². The Hall–Kier alpha value is -2.48. The molecule has 0 aliphatic rings. The highest BCUT2D eigenvalue weighted by molar-refractivity contribution is 6.06. The Morgan fingerprint density at radius 2 is 2.10 bits per heavy atom. The number of hydrogen-bond acceptors (Lipinski definition) is 7. The molecule has 0 spiro atoms. The first-order chi connectivity index (χ1) is 9.93. The van der Waals surface area contributed by atoms with Crippen molar-refractivity contribution in [2.75, 3.05) is 10.7 Å². The van der Waals surface area contributed by atoms with Crippen LogP contribution in [0.1, 0.15) is 47.3 Å². The molecule has 0 saturated carbocycles. The molecule has 2 heterocycles. The Kier molecular flexibility index (Phi) is 4.18. The van der Waals surface area contributed by atoms with Crippen LogP contribution in [0.4, 0.5) is 11.6 Å². The number of carbonyl (C=O) groups is 1. The fourth-order valence-electron chi connectivity index (χ4n) is 1.65. The smallest absolute Gasteiger partial charge is 0.278 e. The van der Waals surface area contributed by atoms with Crippen molar-refractivity contribution in [3.05, 3.63) is 29.0 Å². The average molecular weight is 290 g/mol. The van der Waals surface area contributed by atoms with Gasteiger partial charge in [-0.3, -0.25) is 16.0 Å².